The molecule has 2 aromatic carbocycles. The number of benzene rings is 2. The largest absolute Gasteiger partial charge is 0.493 e. The van der Waals surface area contributed by atoms with E-state index in [-0.39, 0.29) is 5.78 Å². The van der Waals surface area contributed by atoms with Crippen LogP contribution in [0.25, 0.3) is 0 Å². The Bertz CT molecular complexity index is 653. The fourth-order valence-electron chi connectivity index (χ4n) is 2.10. The molecule has 2 rings (SSSR count). The number of ketones is 1. The average molecular weight is 316 g/mol. The Balaban J connectivity index is 2.04. The van der Waals surface area contributed by atoms with Crippen LogP contribution in [0.1, 0.15) is 22.8 Å². The number of hydrogen-bond donors (Lipinski definition) is 0. The maximum absolute atomic E-state index is 12.3. The molecule has 0 aliphatic rings. The number of carbonyl (C=O) groups is 1. The average Bonchev–Trinajstić information content (AvgIpc) is 2.59. The number of methoxy groups -OCH3 is 2. The molecule has 116 valence electrons. The van der Waals surface area contributed by atoms with Crippen molar-refractivity contribution in [3.8, 4) is 11.5 Å². The van der Waals surface area contributed by atoms with Crippen LogP contribution in [0.5, 0.6) is 11.5 Å². The maximum Gasteiger partial charge on any atom is 0.173 e. The predicted molar refractivity (Wildman–Crippen MR) is 90.4 cm³/mol. The molecule has 0 bridgehead atoms. The number of ether oxygens (including phenoxy) is 2. The number of thioether (sulfide) groups is 1. The van der Waals surface area contributed by atoms with Gasteiger partial charge in [-0.2, -0.15) is 0 Å². The van der Waals surface area contributed by atoms with E-state index < -0.39 is 0 Å². The van der Waals surface area contributed by atoms with Crippen molar-refractivity contribution in [1.29, 1.82) is 0 Å². The Labute approximate surface area is 135 Å². The molecule has 3 nitrogen and oxygen atoms in total. The summed E-state index contributed by atoms with van der Waals surface area (Å²) in [6.07, 6.45) is 0.934. The van der Waals surface area contributed by atoms with Gasteiger partial charge in [-0.1, -0.05) is 25.1 Å². The summed E-state index contributed by atoms with van der Waals surface area (Å²) in [6.45, 7) is 2.09. The minimum atomic E-state index is 0.134. The Hall–Kier alpha value is -1.94. The van der Waals surface area contributed by atoms with Gasteiger partial charge in [-0.25, -0.2) is 0 Å². The van der Waals surface area contributed by atoms with Crippen LogP contribution in [0.3, 0.4) is 0 Å². The van der Waals surface area contributed by atoms with Crippen molar-refractivity contribution in [2.45, 2.75) is 18.2 Å². The van der Waals surface area contributed by atoms with Gasteiger partial charge in [0.25, 0.3) is 0 Å². The summed E-state index contributed by atoms with van der Waals surface area (Å²) in [7, 11) is 3.21. The van der Waals surface area contributed by atoms with E-state index in [0.29, 0.717) is 17.3 Å². The normalized spacial score (nSPS) is 10.3. The molecule has 0 aliphatic heterocycles. The standard InChI is InChI=1S/C18H20O3S/c1-4-13-6-5-7-14(10-13)16(19)12-22-15-8-9-17(20-2)18(11-15)21-3/h5-11H,4,12H2,1-3H3. The molecule has 0 heterocycles. The minimum Gasteiger partial charge on any atom is -0.493 e. The quantitative estimate of drug-likeness (QED) is 0.565. The first kappa shape index (κ1) is 16.4. The molecule has 4 heteroatoms. The molecule has 0 fully saturated rings. The molecule has 0 saturated carbocycles. The van der Waals surface area contributed by atoms with Crippen LogP contribution in [0, 0.1) is 0 Å². The summed E-state index contributed by atoms with van der Waals surface area (Å²) < 4.78 is 10.5. The fourth-order valence-corrected chi connectivity index (χ4v) is 2.92. The molecule has 0 spiro atoms. The third kappa shape index (κ3) is 4.04. The Kier molecular flexibility index (Phi) is 5.90. The van der Waals surface area contributed by atoms with E-state index in [2.05, 4.69) is 6.92 Å². The minimum absolute atomic E-state index is 0.134. The summed E-state index contributed by atoms with van der Waals surface area (Å²) in [5.41, 5.74) is 1.95. The Morgan fingerprint density at radius 2 is 1.82 bits per heavy atom. The van der Waals surface area contributed by atoms with Crippen LogP contribution in [0.15, 0.2) is 47.4 Å². The van der Waals surface area contributed by atoms with E-state index in [9.17, 15) is 4.79 Å². The summed E-state index contributed by atoms with van der Waals surface area (Å²) >= 11 is 1.50. The molecule has 0 aromatic heterocycles. The van der Waals surface area contributed by atoms with Crippen molar-refractivity contribution in [2.24, 2.45) is 0 Å². The molecule has 0 unspecified atom stereocenters. The zero-order valence-electron chi connectivity index (χ0n) is 13.1. The molecule has 0 aliphatic carbocycles. The monoisotopic (exact) mass is 316 g/mol. The zero-order valence-corrected chi connectivity index (χ0v) is 13.9. The second kappa shape index (κ2) is 7.90. The van der Waals surface area contributed by atoms with Crippen LogP contribution < -0.4 is 9.47 Å². The van der Waals surface area contributed by atoms with Crippen LogP contribution in [-0.2, 0) is 6.42 Å². The lowest BCUT2D eigenvalue weighted by atomic mass is 10.1. The summed E-state index contributed by atoms with van der Waals surface area (Å²) in [5.74, 6) is 1.90. The van der Waals surface area contributed by atoms with Gasteiger partial charge in [0, 0.05) is 10.5 Å². The van der Waals surface area contributed by atoms with Gasteiger partial charge in [0.1, 0.15) is 0 Å². The molecule has 2 aromatic rings. The second-order valence-electron chi connectivity index (χ2n) is 4.78. The maximum atomic E-state index is 12.3. The first-order valence-corrected chi connectivity index (χ1v) is 8.13. The highest BCUT2D eigenvalue weighted by Gasteiger charge is 2.09. The number of rotatable bonds is 7. The third-order valence-electron chi connectivity index (χ3n) is 3.38. The van der Waals surface area contributed by atoms with Crippen LogP contribution in [-0.4, -0.2) is 25.8 Å². The summed E-state index contributed by atoms with van der Waals surface area (Å²) in [6, 6.07) is 13.5. The van der Waals surface area contributed by atoms with Crippen LogP contribution in [0.4, 0.5) is 0 Å². The highest BCUT2D eigenvalue weighted by atomic mass is 32.2. The molecule has 0 radical (unpaired) electrons. The third-order valence-corrected chi connectivity index (χ3v) is 4.38. The molecular weight excluding hydrogens is 296 g/mol. The topological polar surface area (TPSA) is 35.5 Å². The molecule has 0 N–H and O–H groups in total. The van der Waals surface area contributed by atoms with E-state index in [1.54, 1.807) is 14.2 Å². The number of hydrogen-bond acceptors (Lipinski definition) is 4. The molecule has 0 atom stereocenters. The van der Waals surface area contributed by atoms with Gasteiger partial charge < -0.3 is 9.47 Å². The Morgan fingerprint density at radius 3 is 2.50 bits per heavy atom. The number of carbonyl (C=O) groups excluding carboxylic acids is 1. The van der Waals surface area contributed by atoms with Gasteiger partial charge in [-0.05, 0) is 36.2 Å². The van der Waals surface area contributed by atoms with Crippen molar-refractivity contribution < 1.29 is 14.3 Å². The highest BCUT2D eigenvalue weighted by molar-refractivity contribution is 8.00. The van der Waals surface area contributed by atoms with Crippen molar-refractivity contribution in [1.82, 2.24) is 0 Å². The predicted octanol–water partition coefficient (Wildman–Crippen LogP) is 4.24. The first-order chi connectivity index (χ1) is 10.7. The van der Waals surface area contributed by atoms with Gasteiger partial charge in [-0.15, -0.1) is 11.8 Å². The van der Waals surface area contributed by atoms with Gasteiger partial charge in [-0.3, -0.25) is 4.79 Å². The van der Waals surface area contributed by atoms with Gasteiger partial charge >= 0.3 is 0 Å². The second-order valence-corrected chi connectivity index (χ2v) is 5.83. The smallest absolute Gasteiger partial charge is 0.173 e. The summed E-state index contributed by atoms with van der Waals surface area (Å²) in [5, 5.41) is 0. The lowest BCUT2D eigenvalue weighted by molar-refractivity contribution is 0.102. The Morgan fingerprint density at radius 1 is 1.05 bits per heavy atom. The summed E-state index contributed by atoms with van der Waals surface area (Å²) in [4.78, 5) is 13.3. The zero-order chi connectivity index (χ0) is 15.9. The molecule has 0 saturated heterocycles. The van der Waals surface area contributed by atoms with Crippen molar-refractivity contribution in [2.75, 3.05) is 20.0 Å². The van der Waals surface area contributed by atoms with Gasteiger partial charge in [0.2, 0.25) is 0 Å². The van der Waals surface area contributed by atoms with Crippen molar-refractivity contribution in [3.05, 3.63) is 53.6 Å². The highest BCUT2D eigenvalue weighted by Crippen LogP contribution is 2.32. The van der Waals surface area contributed by atoms with E-state index in [1.807, 2.05) is 42.5 Å². The first-order valence-electron chi connectivity index (χ1n) is 7.15. The van der Waals surface area contributed by atoms with E-state index >= 15 is 0 Å². The van der Waals surface area contributed by atoms with Crippen LogP contribution >= 0.6 is 11.8 Å². The van der Waals surface area contributed by atoms with E-state index in [1.165, 1.54) is 17.3 Å². The lowest BCUT2D eigenvalue weighted by Gasteiger charge is -2.09. The van der Waals surface area contributed by atoms with Gasteiger partial charge in [0.05, 0.1) is 20.0 Å². The van der Waals surface area contributed by atoms with Crippen LogP contribution in [0.2, 0.25) is 0 Å². The molecular formula is C18H20O3S. The molecule has 0 amide bonds. The lowest BCUT2D eigenvalue weighted by Crippen LogP contribution is -2.03. The number of aryl methyl sites for hydroxylation is 1. The SMILES string of the molecule is CCc1cccc(C(=O)CSc2ccc(OC)c(OC)c2)c1. The van der Waals surface area contributed by atoms with Crippen molar-refractivity contribution in [3.63, 3.8) is 0 Å². The van der Waals surface area contributed by atoms with Crippen molar-refractivity contribution >= 4 is 17.5 Å². The fraction of sp³-hybridized carbons (Fsp3) is 0.278. The van der Waals surface area contributed by atoms with E-state index in [4.69, 9.17) is 9.47 Å². The van der Waals surface area contributed by atoms with E-state index in [0.717, 1.165) is 16.9 Å². The number of Topliss-reactive ketones (excluding diaryl/α,β-unsaturated/α-hetero) is 1. The molecule has 22 heavy (non-hydrogen) atoms. The van der Waals surface area contributed by atoms with Gasteiger partial charge in [0.15, 0.2) is 17.3 Å².